The lowest BCUT2D eigenvalue weighted by Gasteiger charge is -1.90. The fourth-order valence-corrected chi connectivity index (χ4v) is 1.16. The lowest BCUT2D eigenvalue weighted by molar-refractivity contribution is 0.275. The molecule has 0 atom stereocenters. The van der Waals surface area contributed by atoms with E-state index >= 15 is 0 Å². The average Bonchev–Trinajstić information content (AvgIpc) is 2.47. The fraction of sp³-hybridized carbons (Fsp3) is 0. The van der Waals surface area contributed by atoms with E-state index in [0.29, 0.717) is 5.69 Å². The smallest absolute Gasteiger partial charge is 0.0888 e. The van der Waals surface area contributed by atoms with E-state index in [4.69, 9.17) is 0 Å². The molecule has 55 valence electrons. The molecule has 0 spiro atoms. The Hall–Kier alpha value is -1.48. The Balaban J connectivity index is 2.76. The van der Waals surface area contributed by atoms with Crippen molar-refractivity contribution in [1.29, 1.82) is 0 Å². The zero-order valence-corrected chi connectivity index (χ0v) is 5.79. The highest BCUT2D eigenvalue weighted by molar-refractivity contribution is 5.91. The molecule has 0 aliphatic rings. The van der Waals surface area contributed by atoms with E-state index < -0.39 is 0 Å². The van der Waals surface area contributed by atoms with E-state index in [0.717, 1.165) is 10.9 Å². The first-order valence-corrected chi connectivity index (χ1v) is 3.36. The maximum atomic E-state index is 10.3. The second-order valence-corrected chi connectivity index (χ2v) is 2.35. The van der Waals surface area contributed by atoms with Gasteiger partial charge in [-0.2, -0.15) is 0 Å². The molecule has 2 rings (SSSR count). The minimum atomic E-state index is 0.598. The van der Waals surface area contributed by atoms with Crippen LogP contribution in [0.3, 0.4) is 0 Å². The molecule has 0 aliphatic carbocycles. The summed E-state index contributed by atoms with van der Waals surface area (Å²) in [6.45, 7) is 0. The van der Waals surface area contributed by atoms with Crippen LogP contribution in [0.15, 0.2) is 30.5 Å². The van der Waals surface area contributed by atoms with Crippen molar-refractivity contribution in [3.63, 3.8) is 0 Å². The highest BCUT2D eigenvalue weighted by Crippen LogP contribution is 2.21. The molecule has 0 saturated heterocycles. The van der Waals surface area contributed by atoms with Gasteiger partial charge in [-0.15, -0.1) is 0 Å². The van der Waals surface area contributed by atoms with Gasteiger partial charge in [0, 0.05) is 17.1 Å². The molecule has 0 saturated carbocycles. The Morgan fingerprint density at radius 3 is 2.91 bits per heavy atom. The first-order valence-electron chi connectivity index (χ1n) is 3.36. The summed E-state index contributed by atoms with van der Waals surface area (Å²) in [4.78, 5) is 2.98. The third-order valence-corrected chi connectivity index (χ3v) is 1.70. The number of anilines is 1. The van der Waals surface area contributed by atoms with Gasteiger partial charge in [0.05, 0.1) is 5.69 Å². The molecule has 3 nitrogen and oxygen atoms in total. The lowest BCUT2D eigenvalue weighted by Crippen LogP contribution is -1.82. The molecular formula is C8H7N2O. The molecule has 2 N–H and O–H groups in total. The first kappa shape index (κ1) is 6.24. The van der Waals surface area contributed by atoms with E-state index in [1.807, 2.05) is 29.7 Å². The standard InChI is InChI=1S/C8H7N2O/c11-10-8-5-9-7-4-2-1-3-6(7)8/h1-5,9-10H. The van der Waals surface area contributed by atoms with Crippen LogP contribution in [0.1, 0.15) is 0 Å². The van der Waals surface area contributed by atoms with Crippen molar-refractivity contribution in [3.05, 3.63) is 30.5 Å². The number of aromatic amines is 1. The van der Waals surface area contributed by atoms with Crippen molar-refractivity contribution < 1.29 is 5.21 Å². The van der Waals surface area contributed by atoms with Crippen molar-refractivity contribution in [3.8, 4) is 0 Å². The van der Waals surface area contributed by atoms with Crippen LogP contribution in [0.2, 0.25) is 0 Å². The molecule has 1 radical (unpaired) electrons. The zero-order chi connectivity index (χ0) is 7.68. The summed E-state index contributed by atoms with van der Waals surface area (Å²) in [6, 6.07) is 7.65. The lowest BCUT2D eigenvalue weighted by atomic mass is 10.2. The van der Waals surface area contributed by atoms with Gasteiger partial charge in [-0.25, -0.2) is 5.48 Å². The number of benzene rings is 1. The van der Waals surface area contributed by atoms with E-state index in [2.05, 4.69) is 4.98 Å². The van der Waals surface area contributed by atoms with Gasteiger partial charge in [0.15, 0.2) is 0 Å². The predicted molar refractivity (Wildman–Crippen MR) is 42.6 cm³/mol. The maximum absolute atomic E-state index is 10.3. The Morgan fingerprint density at radius 1 is 1.27 bits per heavy atom. The number of hydrogen-bond acceptors (Lipinski definition) is 1. The van der Waals surface area contributed by atoms with Crippen LogP contribution in [0.4, 0.5) is 5.69 Å². The van der Waals surface area contributed by atoms with Crippen molar-refractivity contribution in [2.75, 3.05) is 5.48 Å². The van der Waals surface area contributed by atoms with Gasteiger partial charge < -0.3 is 4.98 Å². The summed E-state index contributed by atoms with van der Waals surface area (Å²) in [5, 5.41) is 11.3. The van der Waals surface area contributed by atoms with Crippen LogP contribution >= 0.6 is 0 Å². The van der Waals surface area contributed by atoms with Crippen molar-refractivity contribution in [2.45, 2.75) is 0 Å². The van der Waals surface area contributed by atoms with Crippen LogP contribution < -0.4 is 5.48 Å². The highest BCUT2D eigenvalue weighted by Gasteiger charge is 1.99. The quantitative estimate of drug-likeness (QED) is 0.595. The van der Waals surface area contributed by atoms with Gasteiger partial charge in [0.25, 0.3) is 0 Å². The molecule has 0 amide bonds. The van der Waals surface area contributed by atoms with Gasteiger partial charge >= 0.3 is 0 Å². The second-order valence-electron chi connectivity index (χ2n) is 2.35. The predicted octanol–water partition coefficient (Wildman–Crippen LogP) is 1.93. The van der Waals surface area contributed by atoms with Gasteiger partial charge in [0.2, 0.25) is 0 Å². The first-order chi connectivity index (χ1) is 5.42. The molecule has 1 aromatic carbocycles. The minimum absolute atomic E-state index is 0.598. The molecule has 0 fully saturated rings. The monoisotopic (exact) mass is 147 g/mol. The van der Waals surface area contributed by atoms with Crippen LogP contribution in [0.25, 0.3) is 10.9 Å². The van der Waals surface area contributed by atoms with Crippen molar-refractivity contribution >= 4 is 16.6 Å². The van der Waals surface area contributed by atoms with Gasteiger partial charge in [-0.1, -0.05) is 23.4 Å². The summed E-state index contributed by atoms with van der Waals surface area (Å²) in [7, 11) is 0. The Morgan fingerprint density at radius 2 is 2.09 bits per heavy atom. The number of fused-ring (bicyclic) bond motifs is 1. The van der Waals surface area contributed by atoms with E-state index in [1.54, 1.807) is 6.20 Å². The molecule has 0 aliphatic heterocycles. The third-order valence-electron chi connectivity index (χ3n) is 1.70. The van der Waals surface area contributed by atoms with E-state index in [1.165, 1.54) is 0 Å². The van der Waals surface area contributed by atoms with E-state index in [-0.39, 0.29) is 0 Å². The molecule has 0 bridgehead atoms. The van der Waals surface area contributed by atoms with Crippen LogP contribution in [-0.4, -0.2) is 4.98 Å². The Labute approximate surface area is 63.6 Å². The molecule has 2 aromatic rings. The number of aromatic nitrogens is 1. The number of hydrogen-bond donors (Lipinski definition) is 2. The van der Waals surface area contributed by atoms with Crippen LogP contribution in [0, 0.1) is 0 Å². The number of para-hydroxylation sites is 1. The van der Waals surface area contributed by atoms with Crippen molar-refractivity contribution in [1.82, 2.24) is 4.98 Å². The molecule has 0 unspecified atom stereocenters. The summed E-state index contributed by atoms with van der Waals surface area (Å²) >= 11 is 0. The maximum Gasteiger partial charge on any atom is 0.0888 e. The zero-order valence-electron chi connectivity index (χ0n) is 5.79. The van der Waals surface area contributed by atoms with Gasteiger partial charge in [0.1, 0.15) is 0 Å². The third kappa shape index (κ3) is 0.860. The molecular weight excluding hydrogens is 140 g/mol. The molecule has 1 heterocycles. The summed E-state index contributed by atoms with van der Waals surface area (Å²) in [6.07, 6.45) is 1.66. The van der Waals surface area contributed by atoms with Gasteiger partial charge in [-0.3, -0.25) is 0 Å². The Bertz CT molecular complexity index is 367. The number of H-pyrrole nitrogens is 1. The van der Waals surface area contributed by atoms with Crippen molar-refractivity contribution in [2.24, 2.45) is 0 Å². The normalized spacial score (nSPS) is 10.3. The second kappa shape index (κ2) is 2.29. The SMILES string of the molecule is [O]Nc1c[nH]c2ccccc12. The molecule has 3 heteroatoms. The largest absolute Gasteiger partial charge is 0.359 e. The molecule has 11 heavy (non-hydrogen) atoms. The average molecular weight is 147 g/mol. The minimum Gasteiger partial charge on any atom is -0.359 e. The van der Waals surface area contributed by atoms with E-state index in [9.17, 15) is 5.21 Å². The topological polar surface area (TPSA) is 47.7 Å². The van der Waals surface area contributed by atoms with Crippen LogP contribution in [0.5, 0.6) is 0 Å². The molecule has 1 aromatic heterocycles. The number of nitrogens with one attached hydrogen (secondary N) is 2. The summed E-state index contributed by atoms with van der Waals surface area (Å²) in [5.74, 6) is 0. The summed E-state index contributed by atoms with van der Waals surface area (Å²) < 4.78 is 0. The van der Waals surface area contributed by atoms with Gasteiger partial charge in [-0.05, 0) is 6.07 Å². The van der Waals surface area contributed by atoms with Crippen LogP contribution in [-0.2, 0) is 5.21 Å². The fourth-order valence-electron chi connectivity index (χ4n) is 1.16. The summed E-state index contributed by atoms with van der Waals surface area (Å²) in [5.41, 5.74) is 3.44. The number of rotatable bonds is 1. The Kier molecular flexibility index (Phi) is 1.30. The highest BCUT2D eigenvalue weighted by atomic mass is 16.5.